The molecule has 0 aliphatic carbocycles. The first-order chi connectivity index (χ1) is 14.9. The highest BCUT2D eigenvalue weighted by molar-refractivity contribution is 8.18. The molecule has 2 heterocycles. The minimum Gasteiger partial charge on any atom is -0.457 e. The number of hydrogen-bond acceptors (Lipinski definition) is 5. The molecular weight excluding hydrogens is 436 g/mol. The Bertz CT molecular complexity index is 1200. The Balaban J connectivity index is 1.44. The number of aryl methyl sites for hydroxylation is 1. The zero-order valence-corrected chi connectivity index (χ0v) is 18.0. The van der Waals surface area contributed by atoms with E-state index < -0.39 is 17.1 Å². The van der Waals surface area contributed by atoms with Gasteiger partial charge in [-0.2, -0.15) is 0 Å². The fraction of sp³-hybridized carbons (Fsp3) is 0.0870. The number of halogens is 1. The minimum absolute atomic E-state index is 0.199. The smallest absolute Gasteiger partial charge is 0.294 e. The van der Waals surface area contributed by atoms with Gasteiger partial charge in [0, 0.05) is 22.3 Å². The number of nitrogens with zero attached hydrogens (tertiary/aromatic N) is 1. The van der Waals surface area contributed by atoms with E-state index in [1.807, 2.05) is 37.3 Å². The summed E-state index contributed by atoms with van der Waals surface area (Å²) in [5.41, 5.74) is 2.28. The van der Waals surface area contributed by atoms with Crippen LogP contribution in [-0.2, 0) is 9.59 Å². The van der Waals surface area contributed by atoms with Crippen LogP contribution in [0.4, 0.5) is 10.5 Å². The van der Waals surface area contributed by atoms with Crippen molar-refractivity contribution in [3.05, 3.63) is 81.9 Å². The van der Waals surface area contributed by atoms with E-state index in [-0.39, 0.29) is 11.4 Å². The fourth-order valence-electron chi connectivity index (χ4n) is 2.97. The number of nitrogens with one attached hydrogen (secondary N) is 1. The predicted molar refractivity (Wildman–Crippen MR) is 122 cm³/mol. The standard InChI is InChI=1S/C23H17ClN2O4S/c1-14-7-8-16(11-18(14)24)25-21(27)13-26-22(28)20(31-23(26)29)12-17-9-10-19(30-17)15-5-3-2-4-6-15/h2-12H,13H2,1H3,(H,25,27)/b20-12-. The molecule has 0 saturated carbocycles. The predicted octanol–water partition coefficient (Wildman–Crippen LogP) is 5.58. The number of rotatable bonds is 5. The Morgan fingerprint density at radius 1 is 1.13 bits per heavy atom. The van der Waals surface area contributed by atoms with Gasteiger partial charge >= 0.3 is 0 Å². The van der Waals surface area contributed by atoms with E-state index in [2.05, 4.69) is 5.32 Å². The number of amides is 3. The van der Waals surface area contributed by atoms with Crippen molar-refractivity contribution in [2.45, 2.75) is 6.92 Å². The topological polar surface area (TPSA) is 79.6 Å². The second-order valence-corrected chi connectivity index (χ2v) is 8.25. The van der Waals surface area contributed by atoms with Crippen molar-refractivity contribution >= 4 is 52.2 Å². The highest BCUT2D eigenvalue weighted by atomic mass is 35.5. The maximum absolute atomic E-state index is 12.7. The molecule has 1 fully saturated rings. The van der Waals surface area contributed by atoms with Gasteiger partial charge in [0.2, 0.25) is 5.91 Å². The van der Waals surface area contributed by atoms with Gasteiger partial charge in [0.05, 0.1) is 4.91 Å². The number of carbonyl (C=O) groups is 3. The quantitative estimate of drug-likeness (QED) is 0.511. The van der Waals surface area contributed by atoms with E-state index in [4.69, 9.17) is 16.0 Å². The van der Waals surface area contributed by atoms with E-state index in [1.54, 1.807) is 30.3 Å². The zero-order chi connectivity index (χ0) is 22.0. The van der Waals surface area contributed by atoms with Gasteiger partial charge in [-0.05, 0) is 48.5 Å². The molecule has 156 valence electrons. The van der Waals surface area contributed by atoms with E-state index in [1.165, 1.54) is 6.08 Å². The third-order valence-corrected chi connectivity index (χ3v) is 5.90. The van der Waals surface area contributed by atoms with Gasteiger partial charge in [-0.1, -0.05) is 48.0 Å². The maximum atomic E-state index is 12.7. The summed E-state index contributed by atoms with van der Waals surface area (Å²) in [5, 5.41) is 2.65. The molecule has 1 aromatic heterocycles. The number of furan rings is 1. The van der Waals surface area contributed by atoms with Crippen LogP contribution in [0.25, 0.3) is 17.4 Å². The number of thioether (sulfide) groups is 1. The van der Waals surface area contributed by atoms with Crippen LogP contribution in [0.3, 0.4) is 0 Å². The molecule has 0 spiro atoms. The van der Waals surface area contributed by atoms with Gasteiger partial charge in [-0.3, -0.25) is 19.3 Å². The fourth-order valence-corrected chi connectivity index (χ4v) is 3.97. The van der Waals surface area contributed by atoms with Crippen LogP contribution in [0.1, 0.15) is 11.3 Å². The van der Waals surface area contributed by atoms with Crippen LogP contribution in [0.5, 0.6) is 0 Å². The Morgan fingerprint density at radius 2 is 1.90 bits per heavy atom. The maximum Gasteiger partial charge on any atom is 0.294 e. The zero-order valence-electron chi connectivity index (χ0n) is 16.4. The molecule has 3 amide bonds. The molecule has 3 aromatic rings. The largest absolute Gasteiger partial charge is 0.457 e. The molecule has 1 aliphatic rings. The summed E-state index contributed by atoms with van der Waals surface area (Å²) in [6.07, 6.45) is 1.51. The molecule has 6 nitrogen and oxygen atoms in total. The molecule has 0 bridgehead atoms. The van der Waals surface area contributed by atoms with Gasteiger partial charge < -0.3 is 9.73 Å². The van der Waals surface area contributed by atoms with Crippen molar-refractivity contribution in [1.29, 1.82) is 0 Å². The molecule has 1 N–H and O–H groups in total. The van der Waals surface area contributed by atoms with Crippen LogP contribution in [-0.4, -0.2) is 28.5 Å². The first-order valence-electron chi connectivity index (χ1n) is 9.37. The Hall–Kier alpha value is -3.29. The van der Waals surface area contributed by atoms with Crippen molar-refractivity contribution in [2.24, 2.45) is 0 Å². The van der Waals surface area contributed by atoms with Crippen molar-refractivity contribution in [3.8, 4) is 11.3 Å². The first kappa shape index (κ1) is 21.0. The Morgan fingerprint density at radius 3 is 2.65 bits per heavy atom. The number of benzene rings is 2. The van der Waals surface area contributed by atoms with Gasteiger partial charge in [-0.15, -0.1) is 0 Å². The van der Waals surface area contributed by atoms with Gasteiger partial charge in [0.1, 0.15) is 18.1 Å². The lowest BCUT2D eigenvalue weighted by molar-refractivity contribution is -0.127. The second kappa shape index (κ2) is 8.83. The molecule has 1 aliphatic heterocycles. The van der Waals surface area contributed by atoms with Crippen LogP contribution >= 0.6 is 23.4 Å². The monoisotopic (exact) mass is 452 g/mol. The molecule has 31 heavy (non-hydrogen) atoms. The molecule has 1 saturated heterocycles. The highest BCUT2D eigenvalue weighted by Crippen LogP contribution is 2.33. The molecule has 0 radical (unpaired) electrons. The normalized spacial score (nSPS) is 15.0. The van der Waals surface area contributed by atoms with Crippen molar-refractivity contribution in [3.63, 3.8) is 0 Å². The van der Waals surface area contributed by atoms with Crippen molar-refractivity contribution < 1.29 is 18.8 Å². The van der Waals surface area contributed by atoms with Gasteiger partial charge in [-0.25, -0.2) is 0 Å². The Labute approximate surface area is 187 Å². The molecule has 2 aromatic carbocycles. The van der Waals surface area contributed by atoms with Crippen LogP contribution in [0.15, 0.2) is 70.0 Å². The summed E-state index contributed by atoms with van der Waals surface area (Å²) in [4.78, 5) is 38.4. The Kier molecular flexibility index (Phi) is 5.97. The van der Waals surface area contributed by atoms with E-state index >= 15 is 0 Å². The lowest BCUT2D eigenvalue weighted by atomic mass is 10.2. The minimum atomic E-state index is -0.537. The number of anilines is 1. The van der Waals surface area contributed by atoms with E-state index in [9.17, 15) is 14.4 Å². The molecular formula is C23H17ClN2O4S. The summed E-state index contributed by atoms with van der Waals surface area (Å²) >= 11 is 6.83. The van der Waals surface area contributed by atoms with E-state index in [0.29, 0.717) is 22.2 Å². The molecule has 4 rings (SSSR count). The SMILES string of the molecule is Cc1ccc(NC(=O)CN2C(=O)S/C(=C\c3ccc(-c4ccccc4)o3)C2=O)cc1Cl. The summed E-state index contributed by atoms with van der Waals surface area (Å²) in [6.45, 7) is 1.46. The lowest BCUT2D eigenvalue weighted by Crippen LogP contribution is -2.36. The first-order valence-corrected chi connectivity index (χ1v) is 10.6. The summed E-state index contributed by atoms with van der Waals surface area (Å²) in [5.74, 6) is 0.0721. The number of carbonyl (C=O) groups excluding carboxylic acids is 3. The van der Waals surface area contributed by atoms with E-state index in [0.717, 1.165) is 27.8 Å². The lowest BCUT2D eigenvalue weighted by Gasteiger charge is -2.12. The van der Waals surface area contributed by atoms with Crippen molar-refractivity contribution in [2.75, 3.05) is 11.9 Å². The molecule has 8 heteroatoms. The summed E-state index contributed by atoms with van der Waals surface area (Å²) in [7, 11) is 0. The van der Waals surface area contributed by atoms with Gasteiger partial charge in [0.25, 0.3) is 11.1 Å². The summed E-state index contributed by atoms with van der Waals surface area (Å²) < 4.78 is 5.77. The number of imide groups is 1. The third kappa shape index (κ3) is 4.73. The van der Waals surface area contributed by atoms with Crippen LogP contribution in [0.2, 0.25) is 5.02 Å². The van der Waals surface area contributed by atoms with Crippen molar-refractivity contribution in [1.82, 2.24) is 4.90 Å². The average Bonchev–Trinajstić information content (AvgIpc) is 3.32. The molecule has 0 unspecified atom stereocenters. The second-order valence-electron chi connectivity index (χ2n) is 6.85. The highest BCUT2D eigenvalue weighted by Gasteiger charge is 2.36. The third-order valence-electron chi connectivity index (χ3n) is 4.59. The summed E-state index contributed by atoms with van der Waals surface area (Å²) in [6, 6.07) is 18.2. The van der Waals surface area contributed by atoms with Crippen LogP contribution in [0, 0.1) is 6.92 Å². The average molecular weight is 453 g/mol. The molecule has 0 atom stereocenters. The van der Waals surface area contributed by atoms with Crippen LogP contribution < -0.4 is 5.32 Å². The number of hydrogen-bond donors (Lipinski definition) is 1. The van der Waals surface area contributed by atoms with Gasteiger partial charge in [0.15, 0.2) is 0 Å².